The summed E-state index contributed by atoms with van der Waals surface area (Å²) in [5, 5.41) is 3.05. The van der Waals surface area contributed by atoms with Crippen molar-refractivity contribution in [1.82, 2.24) is 20.1 Å². The zero-order valence-electron chi connectivity index (χ0n) is 16.2. The van der Waals surface area contributed by atoms with Gasteiger partial charge in [-0.3, -0.25) is 9.88 Å². The van der Waals surface area contributed by atoms with E-state index in [4.69, 9.17) is 4.74 Å². The molecule has 1 N–H and O–H groups in total. The molecule has 0 radical (unpaired) electrons. The second-order valence-corrected chi connectivity index (χ2v) is 7.02. The van der Waals surface area contributed by atoms with Crippen LogP contribution in [0.5, 0.6) is 0 Å². The molecule has 2 amide bonds. The van der Waals surface area contributed by atoms with Crippen molar-refractivity contribution >= 4 is 6.03 Å². The summed E-state index contributed by atoms with van der Waals surface area (Å²) in [4.78, 5) is 21.0. The quantitative estimate of drug-likeness (QED) is 0.795. The summed E-state index contributed by atoms with van der Waals surface area (Å²) < 4.78 is 18.6. The number of urea groups is 1. The lowest BCUT2D eigenvalue weighted by Gasteiger charge is -2.33. The zero-order valence-corrected chi connectivity index (χ0v) is 16.2. The number of ether oxygens (including phenoxy) is 1. The number of hydrogen-bond acceptors (Lipinski definition) is 4. The standard InChI is InChI=1S/C21H27FN4O2/c1-17(25-10-12-28-13-11-25)14-24-21(27)26(16-19-6-8-23-9-7-19)15-18-2-4-20(22)5-3-18/h2-9,17H,10-16H2,1H3,(H,24,27)/t17-/m1/s1. The Kier molecular flexibility index (Phi) is 7.33. The fourth-order valence-electron chi connectivity index (χ4n) is 3.21. The van der Waals surface area contributed by atoms with Gasteiger partial charge in [-0.2, -0.15) is 0 Å². The maximum Gasteiger partial charge on any atom is 0.318 e. The van der Waals surface area contributed by atoms with E-state index in [1.807, 2.05) is 12.1 Å². The molecule has 1 aliphatic rings. The van der Waals surface area contributed by atoms with Gasteiger partial charge in [-0.1, -0.05) is 12.1 Å². The number of aromatic nitrogens is 1. The van der Waals surface area contributed by atoms with Gasteiger partial charge in [0.25, 0.3) is 0 Å². The van der Waals surface area contributed by atoms with Crippen LogP contribution in [0.2, 0.25) is 0 Å². The Morgan fingerprint density at radius 3 is 2.39 bits per heavy atom. The van der Waals surface area contributed by atoms with Crippen LogP contribution in [-0.4, -0.2) is 59.7 Å². The Morgan fingerprint density at radius 1 is 1.14 bits per heavy atom. The molecule has 1 aromatic heterocycles. The predicted molar refractivity (Wildman–Crippen MR) is 105 cm³/mol. The van der Waals surface area contributed by atoms with Gasteiger partial charge < -0.3 is 15.0 Å². The highest BCUT2D eigenvalue weighted by Gasteiger charge is 2.20. The van der Waals surface area contributed by atoms with Gasteiger partial charge in [-0.05, 0) is 42.3 Å². The predicted octanol–water partition coefficient (Wildman–Crippen LogP) is 2.65. The van der Waals surface area contributed by atoms with Gasteiger partial charge >= 0.3 is 6.03 Å². The van der Waals surface area contributed by atoms with E-state index in [-0.39, 0.29) is 17.9 Å². The minimum Gasteiger partial charge on any atom is -0.379 e. The minimum atomic E-state index is -0.284. The average Bonchev–Trinajstić information content (AvgIpc) is 2.74. The lowest BCUT2D eigenvalue weighted by atomic mass is 10.2. The van der Waals surface area contributed by atoms with Crippen molar-refractivity contribution in [1.29, 1.82) is 0 Å². The number of halogens is 1. The Bertz CT molecular complexity index is 736. The Labute approximate surface area is 165 Å². The lowest BCUT2D eigenvalue weighted by molar-refractivity contribution is 0.0206. The molecule has 150 valence electrons. The van der Waals surface area contributed by atoms with Crippen molar-refractivity contribution in [3.8, 4) is 0 Å². The molecule has 3 rings (SSSR count). The molecule has 1 aromatic carbocycles. The number of hydrogen-bond donors (Lipinski definition) is 1. The number of rotatable bonds is 7. The third-order valence-corrected chi connectivity index (χ3v) is 4.91. The SMILES string of the molecule is C[C@H](CNC(=O)N(Cc1ccncc1)Cc1ccc(F)cc1)N1CCOCC1. The molecule has 2 aromatic rings. The van der Waals surface area contributed by atoms with Crippen LogP contribution in [0, 0.1) is 5.82 Å². The highest BCUT2D eigenvalue weighted by molar-refractivity contribution is 5.74. The molecule has 28 heavy (non-hydrogen) atoms. The Morgan fingerprint density at radius 2 is 1.75 bits per heavy atom. The summed E-state index contributed by atoms with van der Waals surface area (Å²) in [6.45, 7) is 6.76. The van der Waals surface area contributed by atoms with E-state index in [0.717, 1.165) is 37.4 Å². The molecule has 1 fully saturated rings. The molecule has 0 saturated carbocycles. The third kappa shape index (κ3) is 6.00. The van der Waals surface area contributed by atoms with E-state index >= 15 is 0 Å². The van der Waals surface area contributed by atoms with Gasteiger partial charge in [-0.15, -0.1) is 0 Å². The fraction of sp³-hybridized carbons (Fsp3) is 0.429. The van der Waals surface area contributed by atoms with E-state index in [1.165, 1.54) is 12.1 Å². The minimum absolute atomic E-state index is 0.138. The van der Waals surface area contributed by atoms with E-state index in [1.54, 1.807) is 29.4 Å². The zero-order chi connectivity index (χ0) is 19.8. The van der Waals surface area contributed by atoms with Crippen LogP contribution < -0.4 is 5.32 Å². The number of amides is 2. The second-order valence-electron chi connectivity index (χ2n) is 7.02. The van der Waals surface area contributed by atoms with E-state index in [2.05, 4.69) is 22.1 Å². The normalized spacial score (nSPS) is 15.8. The molecule has 0 unspecified atom stereocenters. The summed E-state index contributed by atoms with van der Waals surface area (Å²) in [5.41, 5.74) is 1.88. The van der Waals surface area contributed by atoms with Crippen LogP contribution in [0.1, 0.15) is 18.1 Å². The molecule has 1 saturated heterocycles. The average molecular weight is 386 g/mol. The largest absolute Gasteiger partial charge is 0.379 e. The summed E-state index contributed by atoms with van der Waals surface area (Å²) in [6.07, 6.45) is 3.42. The summed E-state index contributed by atoms with van der Waals surface area (Å²) >= 11 is 0. The van der Waals surface area contributed by atoms with E-state index in [0.29, 0.717) is 19.6 Å². The van der Waals surface area contributed by atoms with Crippen LogP contribution in [0.3, 0.4) is 0 Å². The van der Waals surface area contributed by atoms with Crippen molar-refractivity contribution in [2.45, 2.75) is 26.1 Å². The van der Waals surface area contributed by atoms with Crippen LogP contribution in [0.25, 0.3) is 0 Å². The first-order valence-corrected chi connectivity index (χ1v) is 9.60. The number of nitrogens with one attached hydrogen (secondary N) is 1. The number of carbonyl (C=O) groups is 1. The summed E-state index contributed by atoms with van der Waals surface area (Å²) in [6, 6.07) is 10.1. The first-order chi connectivity index (χ1) is 13.6. The molecule has 2 heterocycles. The topological polar surface area (TPSA) is 57.7 Å². The number of morpholine rings is 1. The van der Waals surface area contributed by atoms with Gasteiger partial charge in [0.1, 0.15) is 5.82 Å². The summed E-state index contributed by atoms with van der Waals surface area (Å²) in [7, 11) is 0. The smallest absolute Gasteiger partial charge is 0.318 e. The fourth-order valence-corrected chi connectivity index (χ4v) is 3.21. The highest BCUT2D eigenvalue weighted by Crippen LogP contribution is 2.11. The molecular weight excluding hydrogens is 359 g/mol. The van der Waals surface area contributed by atoms with Crippen LogP contribution in [0.15, 0.2) is 48.8 Å². The molecule has 6 nitrogen and oxygen atoms in total. The van der Waals surface area contributed by atoms with Crippen LogP contribution in [0.4, 0.5) is 9.18 Å². The number of benzene rings is 1. The second kappa shape index (κ2) is 10.1. The summed E-state index contributed by atoms with van der Waals surface area (Å²) in [5.74, 6) is -0.284. The molecule has 7 heteroatoms. The molecular formula is C21H27FN4O2. The van der Waals surface area contributed by atoms with Crippen molar-refractivity contribution in [2.24, 2.45) is 0 Å². The van der Waals surface area contributed by atoms with Crippen LogP contribution in [-0.2, 0) is 17.8 Å². The lowest BCUT2D eigenvalue weighted by Crippen LogP contribution is -2.49. The maximum atomic E-state index is 13.2. The van der Waals surface area contributed by atoms with Crippen molar-refractivity contribution < 1.29 is 13.9 Å². The first kappa shape index (κ1) is 20.2. The molecule has 0 bridgehead atoms. The van der Waals surface area contributed by atoms with Gasteiger partial charge in [0.15, 0.2) is 0 Å². The van der Waals surface area contributed by atoms with Gasteiger partial charge in [0, 0.05) is 51.2 Å². The van der Waals surface area contributed by atoms with E-state index < -0.39 is 0 Å². The van der Waals surface area contributed by atoms with Crippen LogP contribution >= 0.6 is 0 Å². The Hall–Kier alpha value is -2.51. The van der Waals surface area contributed by atoms with Crippen molar-refractivity contribution in [3.63, 3.8) is 0 Å². The number of pyridine rings is 1. The number of carbonyl (C=O) groups excluding carboxylic acids is 1. The highest BCUT2D eigenvalue weighted by atomic mass is 19.1. The maximum absolute atomic E-state index is 13.2. The van der Waals surface area contributed by atoms with Crippen molar-refractivity contribution in [2.75, 3.05) is 32.8 Å². The monoisotopic (exact) mass is 386 g/mol. The van der Waals surface area contributed by atoms with Gasteiger partial charge in [0.2, 0.25) is 0 Å². The molecule has 1 atom stereocenters. The van der Waals surface area contributed by atoms with Crippen molar-refractivity contribution in [3.05, 3.63) is 65.7 Å². The molecule has 0 aliphatic carbocycles. The molecule has 1 aliphatic heterocycles. The Balaban J connectivity index is 1.62. The third-order valence-electron chi connectivity index (χ3n) is 4.91. The van der Waals surface area contributed by atoms with Gasteiger partial charge in [0.05, 0.1) is 13.2 Å². The van der Waals surface area contributed by atoms with Gasteiger partial charge in [-0.25, -0.2) is 9.18 Å². The first-order valence-electron chi connectivity index (χ1n) is 9.60. The molecule has 0 spiro atoms. The van der Waals surface area contributed by atoms with E-state index in [9.17, 15) is 9.18 Å². The number of nitrogens with zero attached hydrogens (tertiary/aromatic N) is 3.